The van der Waals surface area contributed by atoms with E-state index in [4.69, 9.17) is 9.31 Å². The number of aliphatic hydroxyl groups is 1. The predicted molar refractivity (Wildman–Crippen MR) is 139 cm³/mol. The fraction of sp³-hybridized carbons (Fsp3) is 0.929. The van der Waals surface area contributed by atoms with Crippen LogP contribution < -0.4 is 10.6 Å². The molecule has 0 aromatic carbocycles. The van der Waals surface area contributed by atoms with Gasteiger partial charge in [-0.05, 0) is 101 Å². The molecule has 6 aliphatic rings. The van der Waals surface area contributed by atoms with Crippen LogP contribution in [0.25, 0.3) is 0 Å². The standard InChI is InChI=1S/C28H46BFN2O5/c1-15(33)31-28(24(35)32-25(2,3)4)14-18-17(13-20(34)23(18)30)19(28)9-8-10-29-36-22-12-16-11-21(26(16,5)6)27(22,7)37-29/h16-23,34H,8-14H2,1-7H3,(H,31,33)(H,32,35)/t16-,17+,18+,19-,20-,21-,22+,23-,27-,28-/m0/s1. The van der Waals surface area contributed by atoms with Crippen molar-refractivity contribution in [1.29, 1.82) is 0 Å². The lowest BCUT2D eigenvalue weighted by Crippen LogP contribution is -2.65. The van der Waals surface area contributed by atoms with Crippen LogP contribution in [-0.2, 0) is 18.9 Å². The fourth-order valence-electron chi connectivity index (χ4n) is 8.99. The summed E-state index contributed by atoms with van der Waals surface area (Å²) in [6.45, 7) is 14.0. The van der Waals surface area contributed by atoms with Crippen LogP contribution in [0.15, 0.2) is 0 Å². The molecule has 2 bridgehead atoms. The predicted octanol–water partition coefficient (Wildman–Crippen LogP) is 3.64. The average Bonchev–Trinajstić information content (AvgIpc) is 3.35. The number of nitrogens with one attached hydrogen (secondary N) is 2. The number of fused-ring (bicyclic) bond motifs is 1. The van der Waals surface area contributed by atoms with Gasteiger partial charge in [-0.2, -0.15) is 0 Å². The average molecular weight is 520 g/mol. The molecule has 3 N–H and O–H groups in total. The molecule has 2 amide bonds. The molecule has 0 aromatic heterocycles. The van der Waals surface area contributed by atoms with E-state index < -0.39 is 29.3 Å². The van der Waals surface area contributed by atoms with E-state index in [1.807, 2.05) is 20.8 Å². The van der Waals surface area contributed by atoms with Gasteiger partial charge in [-0.15, -0.1) is 0 Å². The van der Waals surface area contributed by atoms with Crippen LogP contribution in [0, 0.1) is 35.0 Å². The first-order chi connectivity index (χ1) is 17.1. The van der Waals surface area contributed by atoms with Crippen molar-refractivity contribution in [3.8, 4) is 0 Å². The SMILES string of the molecule is CC(=O)N[C@@]1(C(=O)NC(C)(C)C)C[C@H]2[C@H](F)[C@@H](O)C[C@H]2[C@@H]1CCCB1O[C@@H]2C[C@@H]3C[C@@H](C3(C)C)[C@]2(C)O1. The lowest BCUT2D eigenvalue weighted by Gasteiger charge is -2.64. The third-order valence-corrected chi connectivity index (χ3v) is 10.8. The van der Waals surface area contributed by atoms with Crippen molar-refractivity contribution in [2.75, 3.05) is 0 Å². The first-order valence-electron chi connectivity index (χ1n) is 14.4. The summed E-state index contributed by atoms with van der Waals surface area (Å²) in [5.74, 6) is -0.260. The lowest BCUT2D eigenvalue weighted by atomic mass is 9.43. The molecule has 5 saturated carbocycles. The summed E-state index contributed by atoms with van der Waals surface area (Å²) >= 11 is 0. The quantitative estimate of drug-likeness (QED) is 0.465. The molecule has 0 radical (unpaired) electrons. The van der Waals surface area contributed by atoms with Crippen molar-refractivity contribution >= 4 is 18.9 Å². The van der Waals surface area contributed by atoms with Crippen molar-refractivity contribution in [2.24, 2.45) is 35.0 Å². The van der Waals surface area contributed by atoms with Crippen LogP contribution in [0.4, 0.5) is 4.39 Å². The van der Waals surface area contributed by atoms with E-state index in [-0.39, 0.29) is 54.3 Å². The molecule has 7 nitrogen and oxygen atoms in total. The zero-order chi connectivity index (χ0) is 27.1. The minimum Gasteiger partial charge on any atom is -0.405 e. The molecule has 0 unspecified atom stereocenters. The van der Waals surface area contributed by atoms with Crippen molar-refractivity contribution in [1.82, 2.24) is 10.6 Å². The summed E-state index contributed by atoms with van der Waals surface area (Å²) in [6.07, 6.45) is 2.54. The summed E-state index contributed by atoms with van der Waals surface area (Å²) in [6, 6.07) is 0. The number of hydrogen-bond acceptors (Lipinski definition) is 5. The van der Waals surface area contributed by atoms with Gasteiger partial charge in [-0.1, -0.05) is 20.3 Å². The van der Waals surface area contributed by atoms with Gasteiger partial charge in [0.25, 0.3) is 0 Å². The minimum atomic E-state index is -1.38. The Morgan fingerprint density at radius 2 is 1.84 bits per heavy atom. The summed E-state index contributed by atoms with van der Waals surface area (Å²) in [7, 11) is -0.288. The Kier molecular flexibility index (Phi) is 6.60. The van der Waals surface area contributed by atoms with Crippen molar-refractivity contribution in [3.05, 3.63) is 0 Å². The zero-order valence-electron chi connectivity index (χ0n) is 23.6. The Morgan fingerprint density at radius 1 is 1.14 bits per heavy atom. The van der Waals surface area contributed by atoms with Gasteiger partial charge < -0.3 is 25.0 Å². The van der Waals surface area contributed by atoms with Crippen LogP contribution >= 0.6 is 0 Å². The van der Waals surface area contributed by atoms with Gasteiger partial charge in [-0.25, -0.2) is 4.39 Å². The highest BCUT2D eigenvalue weighted by molar-refractivity contribution is 6.45. The molecule has 208 valence electrons. The van der Waals surface area contributed by atoms with Gasteiger partial charge in [0.05, 0.1) is 17.8 Å². The summed E-state index contributed by atoms with van der Waals surface area (Å²) in [5.41, 5.74) is -1.66. The molecular weight excluding hydrogens is 474 g/mol. The molecule has 1 saturated heterocycles. The summed E-state index contributed by atoms with van der Waals surface area (Å²) in [5, 5.41) is 16.3. The first kappa shape index (κ1) is 27.4. The fourth-order valence-corrected chi connectivity index (χ4v) is 8.99. The number of carbonyl (C=O) groups is 2. The van der Waals surface area contributed by atoms with Gasteiger partial charge in [0.1, 0.15) is 11.7 Å². The van der Waals surface area contributed by atoms with Gasteiger partial charge in [0, 0.05) is 12.5 Å². The number of amides is 2. The van der Waals surface area contributed by atoms with Gasteiger partial charge >= 0.3 is 7.12 Å². The molecule has 5 aliphatic carbocycles. The maximum absolute atomic E-state index is 15.1. The maximum Gasteiger partial charge on any atom is 0.457 e. The molecule has 10 atom stereocenters. The van der Waals surface area contributed by atoms with E-state index in [0.29, 0.717) is 31.0 Å². The van der Waals surface area contributed by atoms with E-state index in [1.165, 1.54) is 13.3 Å². The third-order valence-electron chi connectivity index (χ3n) is 10.8. The number of carbonyl (C=O) groups excluding carboxylic acids is 2. The van der Waals surface area contributed by atoms with Crippen LogP contribution in [0.2, 0.25) is 6.32 Å². The van der Waals surface area contributed by atoms with E-state index in [9.17, 15) is 14.7 Å². The van der Waals surface area contributed by atoms with Crippen LogP contribution in [0.5, 0.6) is 0 Å². The number of aliphatic hydroxyl groups excluding tert-OH is 1. The molecule has 0 aromatic rings. The van der Waals surface area contributed by atoms with E-state index in [0.717, 1.165) is 12.8 Å². The Labute approximate surface area is 221 Å². The van der Waals surface area contributed by atoms with E-state index in [1.54, 1.807) is 0 Å². The Balaban J connectivity index is 1.31. The largest absolute Gasteiger partial charge is 0.457 e. The second-order valence-electron chi connectivity index (χ2n) is 14.6. The second-order valence-corrected chi connectivity index (χ2v) is 14.6. The normalized spacial score (nSPS) is 45.7. The number of alkyl halides is 1. The van der Waals surface area contributed by atoms with Crippen LogP contribution in [0.1, 0.15) is 87.0 Å². The monoisotopic (exact) mass is 520 g/mol. The molecule has 0 spiro atoms. The van der Waals surface area contributed by atoms with Crippen molar-refractivity contribution in [3.63, 3.8) is 0 Å². The molecule has 1 heterocycles. The minimum absolute atomic E-state index is 0.124. The Hall–Kier alpha value is -1.19. The van der Waals surface area contributed by atoms with Crippen molar-refractivity contribution in [2.45, 2.75) is 128 Å². The first-order valence-corrected chi connectivity index (χ1v) is 14.4. The van der Waals surface area contributed by atoms with E-state index >= 15 is 4.39 Å². The van der Waals surface area contributed by atoms with Gasteiger partial charge in [0.2, 0.25) is 11.8 Å². The molecule has 1 aliphatic heterocycles. The highest BCUT2D eigenvalue weighted by Crippen LogP contribution is 2.66. The van der Waals surface area contributed by atoms with Crippen LogP contribution in [0.3, 0.4) is 0 Å². The highest BCUT2D eigenvalue weighted by Gasteiger charge is 2.68. The van der Waals surface area contributed by atoms with Gasteiger partial charge in [-0.3, -0.25) is 9.59 Å². The summed E-state index contributed by atoms with van der Waals surface area (Å²) < 4.78 is 28.1. The summed E-state index contributed by atoms with van der Waals surface area (Å²) in [4.78, 5) is 26.1. The number of hydrogen-bond donors (Lipinski definition) is 3. The molecule has 9 heteroatoms. The number of rotatable bonds is 6. The molecule has 6 fully saturated rings. The Morgan fingerprint density at radius 3 is 2.46 bits per heavy atom. The highest BCUT2D eigenvalue weighted by atomic mass is 19.1. The molecular formula is C28H46BFN2O5. The van der Waals surface area contributed by atoms with Crippen LogP contribution in [-0.4, -0.2) is 59.1 Å². The van der Waals surface area contributed by atoms with E-state index in [2.05, 4.69) is 31.4 Å². The molecule has 37 heavy (non-hydrogen) atoms. The molecule has 6 rings (SSSR count). The lowest BCUT2D eigenvalue weighted by molar-refractivity contribution is -0.199. The second kappa shape index (κ2) is 8.92. The van der Waals surface area contributed by atoms with Crippen molar-refractivity contribution < 1.29 is 28.4 Å². The third kappa shape index (κ3) is 4.35. The Bertz CT molecular complexity index is 942. The van der Waals surface area contributed by atoms with Gasteiger partial charge in [0.15, 0.2) is 0 Å². The zero-order valence-corrected chi connectivity index (χ0v) is 23.6. The maximum atomic E-state index is 15.1. The topological polar surface area (TPSA) is 96.9 Å². The number of halogens is 1. The smallest absolute Gasteiger partial charge is 0.405 e.